The molecule has 0 amide bonds. The highest BCUT2D eigenvalue weighted by atomic mass is 31.2. The van der Waals surface area contributed by atoms with Crippen LogP contribution in [0.25, 0.3) is 0 Å². The van der Waals surface area contributed by atoms with Gasteiger partial charge in [0, 0.05) is 6.42 Å². The number of rotatable bonds is 9. The van der Waals surface area contributed by atoms with E-state index in [1.54, 1.807) is 0 Å². The molecule has 1 atom stereocenters. The molecule has 0 aliphatic heterocycles. The van der Waals surface area contributed by atoms with E-state index in [9.17, 15) is 14.5 Å². The van der Waals surface area contributed by atoms with Crippen LogP contribution in [0.5, 0.6) is 0 Å². The van der Waals surface area contributed by atoms with E-state index in [-0.39, 0.29) is 13.0 Å². The molecule has 0 bridgehead atoms. The number of carbonyl (C=O) groups is 1. The molecule has 0 aliphatic rings. The maximum atomic E-state index is 11.1. The summed E-state index contributed by atoms with van der Waals surface area (Å²) in [5.41, 5.74) is 0. The van der Waals surface area contributed by atoms with Crippen LogP contribution in [0.1, 0.15) is 32.6 Å². The number of hydrogen-bond acceptors (Lipinski definition) is 5. The Labute approximate surface area is 100.0 Å². The molecule has 0 aromatic carbocycles. The minimum atomic E-state index is -4.59. The van der Waals surface area contributed by atoms with Crippen LogP contribution in [0.4, 0.5) is 0 Å². The lowest BCUT2D eigenvalue weighted by Gasteiger charge is -2.12. The van der Waals surface area contributed by atoms with Gasteiger partial charge in [0.15, 0.2) is 0 Å². The normalized spacial score (nSPS) is 13.4. The number of aliphatic hydroxyl groups is 1. The molecule has 0 heterocycles. The van der Waals surface area contributed by atoms with Gasteiger partial charge < -0.3 is 19.6 Å². The van der Waals surface area contributed by atoms with E-state index in [0.717, 1.165) is 19.3 Å². The second-order valence-electron chi connectivity index (χ2n) is 3.58. The van der Waals surface area contributed by atoms with Crippen molar-refractivity contribution in [3.63, 3.8) is 0 Å². The summed E-state index contributed by atoms with van der Waals surface area (Å²) in [6.07, 6.45) is 1.69. The molecule has 7 nitrogen and oxygen atoms in total. The Balaban J connectivity index is 3.59. The molecule has 0 fully saturated rings. The van der Waals surface area contributed by atoms with Gasteiger partial charge in [0.05, 0.1) is 6.61 Å². The summed E-state index contributed by atoms with van der Waals surface area (Å²) < 4.78 is 19.0. The van der Waals surface area contributed by atoms with E-state index in [0.29, 0.717) is 0 Å². The summed E-state index contributed by atoms with van der Waals surface area (Å²) in [7, 11) is -4.59. The molecule has 102 valence electrons. The first-order chi connectivity index (χ1) is 7.85. The minimum absolute atomic E-state index is 0.278. The number of ether oxygens (including phenoxy) is 1. The Morgan fingerprint density at radius 3 is 2.47 bits per heavy atom. The highest BCUT2D eigenvalue weighted by molar-refractivity contribution is 7.46. The zero-order valence-electron chi connectivity index (χ0n) is 9.74. The standard InChI is InChI=1S/C9H19O7P/c1-2-3-4-5-9(11)15-6-8(10)7-16-17(12,13)14/h8,10H,2-7H2,1H3,(H2,12,13,14). The van der Waals surface area contributed by atoms with Crippen molar-refractivity contribution in [2.24, 2.45) is 0 Å². The van der Waals surface area contributed by atoms with Crippen molar-refractivity contribution >= 4 is 13.8 Å². The first-order valence-electron chi connectivity index (χ1n) is 5.39. The molecular weight excluding hydrogens is 251 g/mol. The lowest BCUT2D eigenvalue weighted by Crippen LogP contribution is -2.23. The summed E-state index contributed by atoms with van der Waals surface area (Å²) in [6, 6.07) is 0. The molecule has 0 aliphatic carbocycles. The molecule has 0 rings (SSSR count). The van der Waals surface area contributed by atoms with E-state index in [1.165, 1.54) is 0 Å². The second kappa shape index (κ2) is 8.60. The molecule has 0 saturated heterocycles. The van der Waals surface area contributed by atoms with Crippen LogP contribution in [-0.4, -0.2) is 40.2 Å². The predicted molar refractivity (Wildman–Crippen MR) is 59.1 cm³/mol. The van der Waals surface area contributed by atoms with Gasteiger partial charge in [-0.3, -0.25) is 9.32 Å². The maximum Gasteiger partial charge on any atom is 0.469 e. The fraction of sp³-hybridized carbons (Fsp3) is 0.889. The van der Waals surface area contributed by atoms with Gasteiger partial charge in [-0.2, -0.15) is 0 Å². The fourth-order valence-corrected chi connectivity index (χ4v) is 1.38. The number of esters is 1. The monoisotopic (exact) mass is 270 g/mol. The number of aliphatic hydroxyl groups excluding tert-OH is 1. The number of unbranched alkanes of at least 4 members (excludes halogenated alkanes) is 2. The van der Waals surface area contributed by atoms with Crippen LogP contribution in [-0.2, 0) is 18.6 Å². The molecular formula is C9H19O7P. The largest absolute Gasteiger partial charge is 0.469 e. The summed E-state index contributed by atoms with van der Waals surface area (Å²) >= 11 is 0. The van der Waals surface area contributed by atoms with Gasteiger partial charge in [0.2, 0.25) is 0 Å². The van der Waals surface area contributed by atoms with E-state index in [4.69, 9.17) is 14.5 Å². The van der Waals surface area contributed by atoms with Gasteiger partial charge in [0.1, 0.15) is 12.7 Å². The van der Waals surface area contributed by atoms with Crippen LogP contribution in [0.15, 0.2) is 0 Å². The molecule has 8 heteroatoms. The van der Waals surface area contributed by atoms with Gasteiger partial charge in [-0.05, 0) is 6.42 Å². The molecule has 0 radical (unpaired) electrons. The Hall–Kier alpha value is -0.460. The molecule has 0 spiro atoms. The lowest BCUT2D eigenvalue weighted by atomic mass is 10.2. The molecule has 0 aromatic heterocycles. The highest BCUT2D eigenvalue weighted by Crippen LogP contribution is 2.35. The van der Waals surface area contributed by atoms with Crippen LogP contribution >= 0.6 is 7.82 Å². The molecule has 0 saturated carbocycles. The van der Waals surface area contributed by atoms with Crippen molar-refractivity contribution in [2.45, 2.75) is 38.7 Å². The molecule has 17 heavy (non-hydrogen) atoms. The minimum Gasteiger partial charge on any atom is -0.463 e. The lowest BCUT2D eigenvalue weighted by molar-refractivity contribution is -0.147. The van der Waals surface area contributed by atoms with Gasteiger partial charge in [-0.25, -0.2) is 4.57 Å². The average molecular weight is 270 g/mol. The van der Waals surface area contributed by atoms with Gasteiger partial charge in [-0.1, -0.05) is 19.8 Å². The quantitative estimate of drug-likeness (QED) is 0.319. The van der Waals surface area contributed by atoms with E-state index >= 15 is 0 Å². The average Bonchev–Trinajstić information content (AvgIpc) is 2.23. The number of phosphoric ester groups is 1. The summed E-state index contributed by atoms with van der Waals surface area (Å²) in [5, 5.41) is 9.19. The van der Waals surface area contributed by atoms with Crippen LogP contribution in [0.2, 0.25) is 0 Å². The first kappa shape index (κ1) is 16.5. The summed E-state index contributed by atoms with van der Waals surface area (Å²) in [6.45, 7) is 1.10. The van der Waals surface area contributed by atoms with Crippen LogP contribution in [0, 0.1) is 0 Å². The number of hydrogen-bond donors (Lipinski definition) is 3. The zero-order valence-corrected chi connectivity index (χ0v) is 10.6. The summed E-state index contributed by atoms with van der Waals surface area (Å²) in [4.78, 5) is 27.8. The molecule has 3 N–H and O–H groups in total. The van der Waals surface area contributed by atoms with E-state index < -0.39 is 26.5 Å². The number of phosphoric acid groups is 1. The Morgan fingerprint density at radius 2 is 1.94 bits per heavy atom. The number of carbonyl (C=O) groups excluding carboxylic acids is 1. The summed E-state index contributed by atoms with van der Waals surface area (Å²) in [5.74, 6) is -0.436. The second-order valence-corrected chi connectivity index (χ2v) is 4.82. The van der Waals surface area contributed by atoms with Crippen molar-refractivity contribution in [1.29, 1.82) is 0 Å². The first-order valence-corrected chi connectivity index (χ1v) is 6.92. The SMILES string of the molecule is CCCCCC(=O)OCC(O)COP(=O)(O)O. The van der Waals surface area contributed by atoms with Gasteiger partial charge in [0.25, 0.3) is 0 Å². The maximum absolute atomic E-state index is 11.1. The van der Waals surface area contributed by atoms with Gasteiger partial charge in [-0.15, -0.1) is 0 Å². The Kier molecular flexibility index (Phi) is 8.37. The molecule has 0 aromatic rings. The third-order valence-corrected chi connectivity index (χ3v) is 2.34. The Morgan fingerprint density at radius 1 is 1.29 bits per heavy atom. The highest BCUT2D eigenvalue weighted by Gasteiger charge is 2.17. The Bertz CT molecular complexity index is 262. The van der Waals surface area contributed by atoms with Crippen LogP contribution in [0.3, 0.4) is 0 Å². The van der Waals surface area contributed by atoms with Crippen molar-refractivity contribution < 1.29 is 33.5 Å². The van der Waals surface area contributed by atoms with Crippen LogP contribution < -0.4 is 0 Å². The van der Waals surface area contributed by atoms with Crippen molar-refractivity contribution in [3.05, 3.63) is 0 Å². The van der Waals surface area contributed by atoms with Crippen molar-refractivity contribution in [3.8, 4) is 0 Å². The van der Waals surface area contributed by atoms with E-state index in [2.05, 4.69) is 4.52 Å². The van der Waals surface area contributed by atoms with Gasteiger partial charge >= 0.3 is 13.8 Å². The third-order valence-electron chi connectivity index (χ3n) is 1.86. The third kappa shape index (κ3) is 11.8. The van der Waals surface area contributed by atoms with E-state index in [1.807, 2.05) is 6.92 Å². The molecule has 1 unspecified atom stereocenters. The zero-order chi connectivity index (χ0) is 13.3. The fourth-order valence-electron chi connectivity index (χ4n) is 1.01. The van der Waals surface area contributed by atoms with Crippen molar-refractivity contribution in [2.75, 3.05) is 13.2 Å². The van der Waals surface area contributed by atoms with Crippen molar-refractivity contribution in [1.82, 2.24) is 0 Å². The predicted octanol–water partition coefficient (Wildman–Crippen LogP) is 0.580. The smallest absolute Gasteiger partial charge is 0.463 e. The topological polar surface area (TPSA) is 113 Å².